The number of hydrogen-bond acceptors (Lipinski definition) is 3. The summed E-state index contributed by atoms with van der Waals surface area (Å²) in [5, 5.41) is 10.3. The van der Waals surface area contributed by atoms with E-state index in [4.69, 9.17) is 16.0 Å². The number of benzene rings is 2. The van der Waals surface area contributed by atoms with Gasteiger partial charge in [0.05, 0.1) is 16.6 Å². The minimum atomic E-state index is 0.409. The molecule has 0 amide bonds. The Hall–Kier alpha value is -3.29. The molecule has 4 aromatic rings. The summed E-state index contributed by atoms with van der Waals surface area (Å²) in [5.41, 5.74) is 5.17. The number of aryl methyl sites for hydroxylation is 2. The highest BCUT2D eigenvalue weighted by Gasteiger charge is 2.11. The van der Waals surface area contributed by atoms with Gasteiger partial charge < -0.3 is 9.40 Å². The van der Waals surface area contributed by atoms with Gasteiger partial charge in [-0.2, -0.15) is 5.26 Å². The number of nitriles is 1. The van der Waals surface area contributed by atoms with Crippen LogP contribution in [0.3, 0.4) is 0 Å². The predicted molar refractivity (Wildman–Crippen MR) is 108 cm³/mol. The van der Waals surface area contributed by atoms with Crippen LogP contribution in [0.1, 0.15) is 22.7 Å². The maximum atomic E-state index is 9.57. The second-order valence-electron chi connectivity index (χ2n) is 6.44. The van der Waals surface area contributed by atoms with E-state index in [1.807, 2.05) is 62.4 Å². The van der Waals surface area contributed by atoms with Crippen molar-refractivity contribution < 1.29 is 4.42 Å². The molecule has 4 rings (SSSR count). The molecule has 27 heavy (non-hydrogen) atoms. The van der Waals surface area contributed by atoms with Crippen molar-refractivity contribution in [2.24, 2.45) is 0 Å². The molecule has 0 aliphatic rings. The van der Waals surface area contributed by atoms with E-state index in [1.54, 1.807) is 6.08 Å². The first-order chi connectivity index (χ1) is 13.0. The minimum absolute atomic E-state index is 0.409. The summed E-state index contributed by atoms with van der Waals surface area (Å²) < 4.78 is 5.88. The molecule has 0 fully saturated rings. The third-order valence-electron chi connectivity index (χ3n) is 4.38. The molecule has 0 bridgehead atoms. The number of hydrogen-bond donors (Lipinski definition) is 1. The number of halogens is 1. The van der Waals surface area contributed by atoms with Gasteiger partial charge in [-0.15, -0.1) is 0 Å². The molecule has 1 N–H and O–H groups in total. The number of aromatic amines is 1. The molecule has 5 heteroatoms. The van der Waals surface area contributed by atoms with Gasteiger partial charge in [0, 0.05) is 16.7 Å². The second kappa shape index (κ2) is 6.79. The van der Waals surface area contributed by atoms with Gasteiger partial charge in [0.25, 0.3) is 0 Å². The van der Waals surface area contributed by atoms with Crippen molar-refractivity contribution in [1.29, 1.82) is 5.26 Å². The van der Waals surface area contributed by atoms with Crippen molar-refractivity contribution in [2.45, 2.75) is 13.8 Å². The van der Waals surface area contributed by atoms with Gasteiger partial charge in [0.1, 0.15) is 23.4 Å². The molecule has 4 nitrogen and oxygen atoms in total. The van der Waals surface area contributed by atoms with E-state index in [2.05, 4.69) is 16.0 Å². The molecule has 0 radical (unpaired) electrons. The number of H-pyrrole nitrogens is 1. The van der Waals surface area contributed by atoms with E-state index >= 15 is 0 Å². The number of nitrogens with one attached hydrogen (secondary N) is 1. The van der Waals surface area contributed by atoms with Crippen molar-refractivity contribution in [3.05, 3.63) is 76.3 Å². The third kappa shape index (κ3) is 3.38. The first kappa shape index (κ1) is 17.1. The summed E-state index contributed by atoms with van der Waals surface area (Å²) in [7, 11) is 0. The van der Waals surface area contributed by atoms with Crippen LogP contribution >= 0.6 is 11.6 Å². The number of nitrogens with zero attached hydrogens (tertiary/aromatic N) is 2. The van der Waals surface area contributed by atoms with Crippen LogP contribution in [0.15, 0.2) is 52.9 Å². The normalized spacial score (nSPS) is 11.7. The van der Waals surface area contributed by atoms with E-state index in [0.717, 1.165) is 27.7 Å². The van der Waals surface area contributed by atoms with Crippen molar-refractivity contribution in [3.63, 3.8) is 0 Å². The lowest BCUT2D eigenvalue weighted by atomic mass is 10.1. The molecular weight excluding hydrogens is 358 g/mol. The van der Waals surface area contributed by atoms with Crippen molar-refractivity contribution in [2.75, 3.05) is 0 Å². The molecule has 0 aliphatic carbocycles. The molecule has 2 heterocycles. The zero-order valence-corrected chi connectivity index (χ0v) is 15.6. The summed E-state index contributed by atoms with van der Waals surface area (Å²) in [4.78, 5) is 7.70. The van der Waals surface area contributed by atoms with Gasteiger partial charge >= 0.3 is 0 Å². The van der Waals surface area contributed by atoms with Crippen LogP contribution in [0.4, 0.5) is 0 Å². The average Bonchev–Trinajstić information content (AvgIpc) is 3.28. The van der Waals surface area contributed by atoms with Crippen LogP contribution < -0.4 is 0 Å². The fourth-order valence-corrected chi connectivity index (χ4v) is 3.06. The van der Waals surface area contributed by atoms with Gasteiger partial charge in [0.15, 0.2) is 0 Å². The van der Waals surface area contributed by atoms with Crippen LogP contribution in [0.5, 0.6) is 0 Å². The predicted octanol–water partition coefficient (Wildman–Crippen LogP) is 6.16. The minimum Gasteiger partial charge on any atom is -0.457 e. The highest BCUT2D eigenvalue weighted by Crippen LogP contribution is 2.28. The van der Waals surface area contributed by atoms with E-state index in [-0.39, 0.29) is 0 Å². The molecule has 0 unspecified atom stereocenters. The monoisotopic (exact) mass is 373 g/mol. The molecule has 132 valence electrons. The van der Waals surface area contributed by atoms with Crippen LogP contribution in [-0.2, 0) is 0 Å². The summed E-state index contributed by atoms with van der Waals surface area (Å²) in [5.74, 6) is 1.80. The van der Waals surface area contributed by atoms with Crippen LogP contribution in [-0.4, -0.2) is 9.97 Å². The van der Waals surface area contributed by atoms with Gasteiger partial charge in [-0.25, -0.2) is 4.98 Å². The fourth-order valence-electron chi connectivity index (χ4n) is 2.88. The summed E-state index contributed by atoms with van der Waals surface area (Å²) in [6.45, 7) is 3.97. The van der Waals surface area contributed by atoms with E-state index in [1.165, 1.54) is 0 Å². The highest BCUT2D eigenvalue weighted by molar-refractivity contribution is 6.31. The fraction of sp³-hybridized carbons (Fsp3) is 0.0909. The van der Waals surface area contributed by atoms with Crippen LogP contribution in [0, 0.1) is 25.2 Å². The maximum Gasteiger partial charge on any atom is 0.149 e. The first-order valence-corrected chi connectivity index (χ1v) is 8.86. The topological polar surface area (TPSA) is 65.6 Å². The van der Waals surface area contributed by atoms with Crippen molar-refractivity contribution >= 4 is 34.3 Å². The number of rotatable bonds is 3. The Labute approximate surface area is 161 Å². The maximum absolute atomic E-state index is 9.57. The Morgan fingerprint density at radius 3 is 2.78 bits per heavy atom. The zero-order chi connectivity index (χ0) is 19.0. The van der Waals surface area contributed by atoms with Gasteiger partial charge in [0.2, 0.25) is 0 Å². The average molecular weight is 374 g/mol. The van der Waals surface area contributed by atoms with Crippen LogP contribution in [0.25, 0.3) is 34.0 Å². The highest BCUT2D eigenvalue weighted by atomic mass is 35.5. The standard InChI is InChI=1S/C22H16ClN3O/c1-13-3-7-19-20(9-13)26-22(25-19)16(12-24)10-17-6-8-21(27-17)15-5-4-14(2)18(23)11-15/h3-11H,1-2H3,(H,25,26). The largest absolute Gasteiger partial charge is 0.457 e. The first-order valence-electron chi connectivity index (χ1n) is 8.48. The van der Waals surface area contributed by atoms with Gasteiger partial charge in [-0.05, 0) is 55.3 Å². The zero-order valence-electron chi connectivity index (χ0n) is 14.9. The third-order valence-corrected chi connectivity index (χ3v) is 4.79. The number of imidazole rings is 1. The van der Waals surface area contributed by atoms with E-state index in [0.29, 0.717) is 27.9 Å². The molecule has 0 spiro atoms. The second-order valence-corrected chi connectivity index (χ2v) is 6.85. The van der Waals surface area contributed by atoms with Crippen LogP contribution in [0.2, 0.25) is 5.02 Å². The Morgan fingerprint density at radius 2 is 2.00 bits per heavy atom. The summed E-state index contributed by atoms with van der Waals surface area (Å²) in [6.07, 6.45) is 1.68. The smallest absolute Gasteiger partial charge is 0.149 e. The molecule has 0 saturated carbocycles. The Morgan fingerprint density at radius 1 is 1.15 bits per heavy atom. The summed E-state index contributed by atoms with van der Waals surface area (Å²) >= 11 is 6.20. The number of allylic oxidation sites excluding steroid dienone is 1. The molecular formula is C22H16ClN3O. The quantitative estimate of drug-likeness (QED) is 0.437. The lowest BCUT2D eigenvalue weighted by Crippen LogP contribution is -1.84. The molecule has 2 aromatic carbocycles. The Bertz CT molecular complexity index is 1220. The number of fused-ring (bicyclic) bond motifs is 1. The SMILES string of the molecule is Cc1ccc2nc(C(C#N)=Cc3ccc(-c4ccc(C)c(Cl)c4)o3)[nH]c2c1. The molecule has 0 saturated heterocycles. The number of aromatic nitrogens is 2. The van der Waals surface area contributed by atoms with Crippen molar-refractivity contribution in [3.8, 4) is 17.4 Å². The number of furan rings is 1. The Kier molecular flexibility index (Phi) is 4.31. The lowest BCUT2D eigenvalue weighted by Gasteiger charge is -2.00. The molecule has 0 aliphatic heterocycles. The van der Waals surface area contributed by atoms with E-state index in [9.17, 15) is 5.26 Å². The molecule has 2 aromatic heterocycles. The molecule has 0 atom stereocenters. The Balaban J connectivity index is 1.69. The van der Waals surface area contributed by atoms with Crippen molar-refractivity contribution in [1.82, 2.24) is 9.97 Å². The lowest BCUT2D eigenvalue weighted by molar-refractivity contribution is 0.572. The van der Waals surface area contributed by atoms with E-state index < -0.39 is 0 Å². The van der Waals surface area contributed by atoms with Gasteiger partial charge in [-0.1, -0.05) is 29.8 Å². The summed E-state index contributed by atoms with van der Waals surface area (Å²) in [6, 6.07) is 17.6. The van der Waals surface area contributed by atoms with Gasteiger partial charge in [-0.3, -0.25) is 0 Å².